The number of fused-ring (bicyclic) bond motifs is 4. The Bertz CT molecular complexity index is 1420. The minimum absolute atomic E-state index is 0.188. The Morgan fingerprint density at radius 3 is 2.72 bits per heavy atom. The fraction of sp³-hybridized carbons (Fsp3) is 0.150. The van der Waals surface area contributed by atoms with Gasteiger partial charge in [-0.3, -0.25) is 9.36 Å². The van der Waals surface area contributed by atoms with Gasteiger partial charge in [-0.25, -0.2) is 15.0 Å². The van der Waals surface area contributed by atoms with Crippen LogP contribution in [0.5, 0.6) is 0 Å². The van der Waals surface area contributed by atoms with E-state index in [2.05, 4.69) is 10.1 Å². The molecule has 0 unspecified atom stereocenters. The Hall–Kier alpha value is -3.43. The van der Waals surface area contributed by atoms with Gasteiger partial charge in [-0.2, -0.15) is 9.78 Å². The Balaban J connectivity index is 1.84. The molecule has 8 nitrogen and oxygen atoms in total. The number of hydrogen-bond acceptors (Lipinski definition) is 7. The van der Waals surface area contributed by atoms with E-state index >= 15 is 0 Å². The van der Waals surface area contributed by atoms with Crippen molar-refractivity contribution in [2.24, 2.45) is 5.10 Å². The predicted molar refractivity (Wildman–Crippen MR) is 114 cm³/mol. The maximum atomic E-state index is 13.2. The van der Waals surface area contributed by atoms with Gasteiger partial charge in [0.15, 0.2) is 11.3 Å². The van der Waals surface area contributed by atoms with Crippen LogP contribution >= 0.6 is 11.3 Å². The maximum Gasteiger partial charge on any atom is 0.265 e. The zero-order valence-corrected chi connectivity index (χ0v) is 16.3. The number of para-hydroxylation sites is 2. The molecular weight excluding hydrogens is 388 g/mol. The van der Waals surface area contributed by atoms with Crippen LogP contribution < -0.4 is 5.56 Å². The van der Waals surface area contributed by atoms with E-state index in [1.54, 1.807) is 29.3 Å². The average Bonchev–Trinajstić information content (AvgIpc) is 3.36. The monoisotopic (exact) mass is 404 g/mol. The second-order valence-electron chi connectivity index (χ2n) is 6.39. The summed E-state index contributed by atoms with van der Waals surface area (Å²) < 4.78 is 8.21. The first kappa shape index (κ1) is 17.7. The summed E-state index contributed by atoms with van der Waals surface area (Å²) in [7, 11) is 1.60. The predicted octanol–water partition coefficient (Wildman–Crippen LogP) is 2.88. The largest absolute Gasteiger partial charge is 0.383 e. The number of thiophene rings is 1. The summed E-state index contributed by atoms with van der Waals surface area (Å²) in [5, 5.41) is 6.95. The van der Waals surface area contributed by atoms with Crippen LogP contribution in [0.1, 0.15) is 4.88 Å². The van der Waals surface area contributed by atoms with E-state index in [4.69, 9.17) is 14.7 Å². The summed E-state index contributed by atoms with van der Waals surface area (Å²) in [5.41, 5.74) is 2.68. The van der Waals surface area contributed by atoms with E-state index in [1.807, 2.05) is 41.8 Å². The molecule has 29 heavy (non-hydrogen) atoms. The molecule has 4 heterocycles. The molecule has 5 aromatic rings. The highest BCUT2D eigenvalue weighted by atomic mass is 32.1. The highest BCUT2D eigenvalue weighted by molar-refractivity contribution is 7.11. The van der Waals surface area contributed by atoms with Crippen LogP contribution in [0.3, 0.4) is 0 Å². The van der Waals surface area contributed by atoms with Gasteiger partial charge in [0.05, 0.1) is 30.4 Å². The van der Waals surface area contributed by atoms with Crippen molar-refractivity contribution in [2.75, 3.05) is 13.7 Å². The van der Waals surface area contributed by atoms with E-state index in [0.717, 1.165) is 10.4 Å². The molecule has 1 aromatic carbocycles. The Morgan fingerprint density at radius 1 is 1.14 bits per heavy atom. The molecule has 0 fully saturated rings. The van der Waals surface area contributed by atoms with Crippen molar-refractivity contribution in [2.45, 2.75) is 6.54 Å². The second kappa shape index (κ2) is 7.19. The molecule has 0 radical (unpaired) electrons. The zero-order valence-electron chi connectivity index (χ0n) is 15.5. The number of aromatic nitrogens is 5. The van der Waals surface area contributed by atoms with Crippen molar-refractivity contribution in [1.82, 2.24) is 24.2 Å². The number of nitrogens with zero attached hydrogens (tertiary/aromatic N) is 6. The molecule has 0 atom stereocenters. The van der Waals surface area contributed by atoms with Gasteiger partial charge in [0, 0.05) is 12.0 Å². The van der Waals surface area contributed by atoms with Gasteiger partial charge in [-0.1, -0.05) is 18.2 Å². The lowest BCUT2D eigenvalue weighted by molar-refractivity contribution is 0.186. The number of methoxy groups -OCH3 is 1. The van der Waals surface area contributed by atoms with Crippen molar-refractivity contribution >= 4 is 50.8 Å². The van der Waals surface area contributed by atoms with Gasteiger partial charge in [-0.15, -0.1) is 11.3 Å². The summed E-state index contributed by atoms with van der Waals surface area (Å²) in [6, 6.07) is 11.5. The number of ether oxygens (including phenoxy) is 1. The third kappa shape index (κ3) is 3.00. The van der Waals surface area contributed by atoms with Crippen molar-refractivity contribution in [3.63, 3.8) is 0 Å². The first-order valence-corrected chi connectivity index (χ1v) is 9.87. The third-order valence-corrected chi connectivity index (χ3v) is 5.39. The molecule has 0 N–H and O–H groups in total. The van der Waals surface area contributed by atoms with Crippen LogP contribution in [0.2, 0.25) is 0 Å². The van der Waals surface area contributed by atoms with Crippen LogP contribution in [-0.2, 0) is 11.3 Å². The number of rotatable bonds is 5. The molecule has 0 aliphatic carbocycles. The van der Waals surface area contributed by atoms with Crippen LogP contribution in [0.15, 0.2) is 58.0 Å². The smallest absolute Gasteiger partial charge is 0.265 e. The Kier molecular flexibility index (Phi) is 4.38. The molecule has 0 aliphatic rings. The van der Waals surface area contributed by atoms with Crippen molar-refractivity contribution in [1.29, 1.82) is 0 Å². The fourth-order valence-corrected chi connectivity index (χ4v) is 3.77. The molecule has 4 aromatic heterocycles. The highest BCUT2D eigenvalue weighted by Gasteiger charge is 2.19. The normalized spacial score (nSPS) is 12.0. The van der Waals surface area contributed by atoms with Crippen molar-refractivity contribution in [3.05, 3.63) is 63.3 Å². The van der Waals surface area contributed by atoms with Gasteiger partial charge >= 0.3 is 0 Å². The molecule has 5 rings (SSSR count). The van der Waals surface area contributed by atoms with Gasteiger partial charge in [0.25, 0.3) is 5.56 Å². The minimum atomic E-state index is -0.188. The first-order chi connectivity index (χ1) is 14.3. The van der Waals surface area contributed by atoms with E-state index < -0.39 is 0 Å². The minimum Gasteiger partial charge on any atom is -0.383 e. The quantitative estimate of drug-likeness (QED) is 0.420. The lowest BCUT2D eigenvalue weighted by Crippen LogP contribution is -2.22. The standard InChI is InChI=1S/C20H16N6O2S/c1-28-9-8-25-12-21-18-16(20(25)27)17-19(24-15-7-3-2-6-14(15)23-17)26(18)22-11-13-5-4-10-29-13/h2-7,10-12H,8-9H2,1H3/b22-11-. The van der Waals surface area contributed by atoms with Crippen molar-refractivity contribution < 1.29 is 4.74 Å². The summed E-state index contributed by atoms with van der Waals surface area (Å²) in [4.78, 5) is 28.1. The molecular formula is C20H16N6O2S. The fourth-order valence-electron chi connectivity index (χ4n) is 3.19. The van der Waals surface area contributed by atoms with E-state index in [9.17, 15) is 4.79 Å². The number of benzene rings is 1. The molecule has 9 heteroatoms. The van der Waals surface area contributed by atoms with Crippen molar-refractivity contribution in [3.8, 4) is 0 Å². The molecule has 0 saturated heterocycles. The first-order valence-electron chi connectivity index (χ1n) is 8.99. The van der Waals surface area contributed by atoms with Gasteiger partial charge in [0.1, 0.15) is 17.2 Å². The average molecular weight is 404 g/mol. The zero-order chi connectivity index (χ0) is 19.8. The number of hydrogen-bond donors (Lipinski definition) is 0. The molecule has 0 saturated carbocycles. The molecule has 144 valence electrons. The van der Waals surface area contributed by atoms with E-state index in [-0.39, 0.29) is 5.56 Å². The van der Waals surface area contributed by atoms with Gasteiger partial charge in [-0.05, 0) is 23.6 Å². The van der Waals surface area contributed by atoms with E-state index in [1.165, 1.54) is 10.9 Å². The summed E-state index contributed by atoms with van der Waals surface area (Å²) in [6.45, 7) is 0.821. The summed E-state index contributed by atoms with van der Waals surface area (Å²) in [5.74, 6) is 0. The van der Waals surface area contributed by atoms with Gasteiger partial charge < -0.3 is 4.74 Å². The van der Waals surface area contributed by atoms with E-state index in [0.29, 0.717) is 40.9 Å². The molecule has 0 bridgehead atoms. The lowest BCUT2D eigenvalue weighted by atomic mass is 10.3. The van der Waals surface area contributed by atoms with Gasteiger partial charge in [0.2, 0.25) is 0 Å². The van der Waals surface area contributed by atoms with Crippen LogP contribution in [0.25, 0.3) is 33.2 Å². The van der Waals surface area contributed by atoms with Crippen LogP contribution in [-0.4, -0.2) is 44.1 Å². The maximum absolute atomic E-state index is 13.2. The second-order valence-corrected chi connectivity index (χ2v) is 7.37. The Morgan fingerprint density at radius 2 is 1.97 bits per heavy atom. The lowest BCUT2D eigenvalue weighted by Gasteiger charge is -2.04. The van der Waals surface area contributed by atoms with Crippen LogP contribution in [0.4, 0.5) is 0 Å². The topological polar surface area (TPSA) is 87.2 Å². The summed E-state index contributed by atoms with van der Waals surface area (Å²) >= 11 is 1.57. The molecule has 0 amide bonds. The molecule has 0 spiro atoms. The molecule has 0 aliphatic heterocycles. The SMILES string of the molecule is COCCn1cnc2c(c1=O)c1nc3ccccc3nc1n2/N=C\c1cccs1. The Labute approximate surface area is 168 Å². The third-order valence-electron chi connectivity index (χ3n) is 4.59. The summed E-state index contributed by atoms with van der Waals surface area (Å²) in [6.07, 6.45) is 3.25. The highest BCUT2D eigenvalue weighted by Crippen LogP contribution is 2.24. The van der Waals surface area contributed by atoms with Crippen LogP contribution in [0, 0.1) is 0 Å².